The summed E-state index contributed by atoms with van der Waals surface area (Å²) in [6.45, 7) is 4.05. The SMILES string of the molecule is CC(Cl)c1nc2cc(Cl)cnc2n1C(C)c1cccs1. The van der Waals surface area contributed by atoms with Crippen molar-refractivity contribution < 1.29 is 0 Å². The normalized spacial score (nSPS) is 14.6. The Morgan fingerprint density at radius 3 is 2.80 bits per heavy atom. The van der Waals surface area contributed by atoms with Crippen LogP contribution in [0.1, 0.15) is 36.0 Å². The number of alkyl halides is 1. The van der Waals surface area contributed by atoms with Gasteiger partial charge < -0.3 is 4.57 Å². The number of pyridine rings is 1. The highest BCUT2D eigenvalue weighted by Gasteiger charge is 2.21. The number of hydrogen-bond acceptors (Lipinski definition) is 3. The number of thiophene rings is 1. The summed E-state index contributed by atoms with van der Waals surface area (Å²) in [5, 5.41) is 2.46. The van der Waals surface area contributed by atoms with E-state index in [-0.39, 0.29) is 11.4 Å². The van der Waals surface area contributed by atoms with Gasteiger partial charge in [0.25, 0.3) is 0 Å². The Hall–Kier alpha value is -1.10. The summed E-state index contributed by atoms with van der Waals surface area (Å²) in [4.78, 5) is 10.3. The summed E-state index contributed by atoms with van der Waals surface area (Å²) in [5.41, 5.74) is 1.60. The Balaban J connectivity index is 2.24. The number of aromatic nitrogens is 3. The minimum atomic E-state index is -0.189. The van der Waals surface area contributed by atoms with E-state index < -0.39 is 0 Å². The first kappa shape index (κ1) is 13.9. The summed E-state index contributed by atoms with van der Waals surface area (Å²) in [7, 11) is 0. The molecule has 3 aromatic rings. The lowest BCUT2D eigenvalue weighted by atomic mass is 10.2. The molecule has 2 atom stereocenters. The third kappa shape index (κ3) is 2.32. The first-order chi connectivity index (χ1) is 9.58. The van der Waals surface area contributed by atoms with Gasteiger partial charge in [-0.15, -0.1) is 22.9 Å². The molecule has 0 saturated heterocycles. The molecule has 3 nitrogen and oxygen atoms in total. The van der Waals surface area contributed by atoms with Crippen molar-refractivity contribution >= 4 is 45.7 Å². The number of rotatable bonds is 3. The van der Waals surface area contributed by atoms with Gasteiger partial charge >= 0.3 is 0 Å². The zero-order valence-corrected chi connectivity index (χ0v) is 13.4. The highest BCUT2D eigenvalue weighted by molar-refractivity contribution is 7.10. The van der Waals surface area contributed by atoms with E-state index in [1.165, 1.54) is 4.88 Å². The van der Waals surface area contributed by atoms with Gasteiger partial charge in [-0.2, -0.15) is 0 Å². The molecule has 0 amide bonds. The zero-order chi connectivity index (χ0) is 14.3. The topological polar surface area (TPSA) is 30.7 Å². The van der Waals surface area contributed by atoms with Crippen molar-refractivity contribution in [1.82, 2.24) is 14.5 Å². The fourth-order valence-corrected chi connectivity index (χ4v) is 3.37. The second kappa shape index (κ2) is 5.35. The van der Waals surface area contributed by atoms with Crippen LogP contribution in [0.5, 0.6) is 0 Å². The van der Waals surface area contributed by atoms with Crippen LogP contribution in [0.25, 0.3) is 11.2 Å². The maximum atomic E-state index is 6.28. The van der Waals surface area contributed by atoms with Crippen LogP contribution >= 0.6 is 34.5 Å². The van der Waals surface area contributed by atoms with Crippen LogP contribution in [-0.2, 0) is 0 Å². The van der Waals surface area contributed by atoms with Gasteiger partial charge in [0.2, 0.25) is 0 Å². The molecule has 104 valence electrons. The number of fused-ring (bicyclic) bond motifs is 1. The highest BCUT2D eigenvalue weighted by Crippen LogP contribution is 2.32. The highest BCUT2D eigenvalue weighted by atomic mass is 35.5. The van der Waals surface area contributed by atoms with Gasteiger partial charge in [-0.25, -0.2) is 9.97 Å². The van der Waals surface area contributed by atoms with Crippen LogP contribution in [0.4, 0.5) is 0 Å². The fraction of sp³-hybridized carbons (Fsp3) is 0.286. The van der Waals surface area contributed by atoms with E-state index in [1.54, 1.807) is 17.5 Å². The predicted octanol–water partition coefficient (Wildman–Crippen LogP) is 5.06. The molecule has 6 heteroatoms. The molecular weight excluding hydrogens is 313 g/mol. The minimum Gasteiger partial charge on any atom is -0.303 e. The van der Waals surface area contributed by atoms with E-state index in [0.29, 0.717) is 5.02 Å². The third-order valence-electron chi connectivity index (χ3n) is 3.22. The number of hydrogen-bond donors (Lipinski definition) is 0. The fourth-order valence-electron chi connectivity index (χ4n) is 2.29. The van der Waals surface area contributed by atoms with E-state index in [9.17, 15) is 0 Å². The zero-order valence-electron chi connectivity index (χ0n) is 11.0. The van der Waals surface area contributed by atoms with E-state index >= 15 is 0 Å². The largest absolute Gasteiger partial charge is 0.303 e. The van der Waals surface area contributed by atoms with Gasteiger partial charge in [0.1, 0.15) is 11.3 Å². The predicted molar refractivity (Wildman–Crippen MR) is 84.9 cm³/mol. The third-order valence-corrected chi connectivity index (χ3v) is 4.67. The van der Waals surface area contributed by atoms with Crippen LogP contribution in [0.2, 0.25) is 5.02 Å². The van der Waals surface area contributed by atoms with Crippen molar-refractivity contribution in [2.45, 2.75) is 25.3 Å². The first-order valence-corrected chi connectivity index (χ1v) is 7.98. The molecule has 0 aliphatic carbocycles. The van der Waals surface area contributed by atoms with Crippen LogP contribution in [0, 0.1) is 0 Å². The summed E-state index contributed by atoms with van der Waals surface area (Å²) >= 11 is 14.0. The number of imidazole rings is 1. The molecule has 3 heterocycles. The van der Waals surface area contributed by atoms with Crippen molar-refractivity contribution in [3.8, 4) is 0 Å². The molecule has 0 saturated carbocycles. The summed E-state index contributed by atoms with van der Waals surface area (Å²) in [6, 6.07) is 6.12. The van der Waals surface area contributed by atoms with Crippen LogP contribution in [0.3, 0.4) is 0 Å². The molecule has 0 radical (unpaired) electrons. The molecule has 3 aromatic heterocycles. The minimum absolute atomic E-state index is 0.143. The number of halogens is 2. The van der Waals surface area contributed by atoms with E-state index in [1.807, 2.05) is 19.1 Å². The van der Waals surface area contributed by atoms with Crippen molar-refractivity contribution in [3.63, 3.8) is 0 Å². The summed E-state index contributed by atoms with van der Waals surface area (Å²) in [6.07, 6.45) is 1.64. The quantitative estimate of drug-likeness (QED) is 0.630. The Labute approximate surface area is 131 Å². The van der Waals surface area contributed by atoms with Crippen molar-refractivity contribution in [1.29, 1.82) is 0 Å². The van der Waals surface area contributed by atoms with Crippen LogP contribution in [0.15, 0.2) is 29.8 Å². The molecule has 20 heavy (non-hydrogen) atoms. The Bertz CT molecular complexity index is 734. The Morgan fingerprint density at radius 1 is 1.35 bits per heavy atom. The van der Waals surface area contributed by atoms with Gasteiger partial charge in [0, 0.05) is 11.1 Å². The van der Waals surface area contributed by atoms with Crippen molar-refractivity contribution in [2.75, 3.05) is 0 Å². The second-order valence-corrected chi connectivity index (χ2v) is 6.71. The van der Waals surface area contributed by atoms with Gasteiger partial charge in [-0.05, 0) is 31.4 Å². The molecule has 2 unspecified atom stereocenters. The standard InChI is InChI=1S/C14H13Cl2N3S/c1-8(15)13-18-11-6-10(16)7-17-14(11)19(13)9(2)12-4-3-5-20-12/h3-9H,1-2H3. The Morgan fingerprint density at radius 2 is 2.15 bits per heavy atom. The van der Waals surface area contributed by atoms with Crippen molar-refractivity contribution in [2.24, 2.45) is 0 Å². The molecule has 0 aliphatic heterocycles. The number of nitrogens with zero attached hydrogens (tertiary/aromatic N) is 3. The molecule has 0 spiro atoms. The molecule has 0 aromatic carbocycles. The smallest absolute Gasteiger partial charge is 0.160 e. The van der Waals surface area contributed by atoms with Crippen LogP contribution in [-0.4, -0.2) is 14.5 Å². The maximum Gasteiger partial charge on any atom is 0.160 e. The molecule has 0 N–H and O–H groups in total. The maximum absolute atomic E-state index is 6.28. The lowest BCUT2D eigenvalue weighted by molar-refractivity contribution is 0.623. The van der Waals surface area contributed by atoms with Crippen LogP contribution < -0.4 is 0 Å². The van der Waals surface area contributed by atoms with Gasteiger partial charge in [-0.1, -0.05) is 17.7 Å². The monoisotopic (exact) mass is 325 g/mol. The molecule has 0 aliphatic rings. The van der Waals surface area contributed by atoms with Gasteiger partial charge in [0.05, 0.1) is 16.4 Å². The second-order valence-electron chi connectivity index (χ2n) is 4.64. The molecular formula is C14H13Cl2N3S. The van der Waals surface area contributed by atoms with Crippen molar-refractivity contribution in [3.05, 3.63) is 45.5 Å². The molecule has 3 rings (SSSR count). The lowest BCUT2D eigenvalue weighted by Gasteiger charge is -2.16. The average Bonchev–Trinajstić information content (AvgIpc) is 3.04. The lowest BCUT2D eigenvalue weighted by Crippen LogP contribution is -2.10. The summed E-state index contributed by atoms with van der Waals surface area (Å²) in [5.74, 6) is 0.817. The average molecular weight is 326 g/mol. The summed E-state index contributed by atoms with van der Waals surface area (Å²) < 4.78 is 2.09. The van der Waals surface area contributed by atoms with E-state index in [2.05, 4.69) is 32.9 Å². The van der Waals surface area contributed by atoms with E-state index in [0.717, 1.165) is 17.0 Å². The van der Waals surface area contributed by atoms with Gasteiger partial charge in [-0.3, -0.25) is 0 Å². The molecule has 0 fully saturated rings. The molecule has 0 bridgehead atoms. The van der Waals surface area contributed by atoms with Gasteiger partial charge in [0.15, 0.2) is 5.65 Å². The van der Waals surface area contributed by atoms with E-state index in [4.69, 9.17) is 23.2 Å². The first-order valence-electron chi connectivity index (χ1n) is 6.28. The Kier molecular flexibility index (Phi) is 3.71.